The molecule has 0 unspecified atom stereocenters. The molecule has 5 nitrogen and oxygen atoms in total. The van der Waals surface area contributed by atoms with Crippen LogP contribution in [0.1, 0.15) is 11.3 Å². The molecule has 0 radical (unpaired) electrons. The number of sulfonamides is 1. The molecule has 0 saturated carbocycles. The number of hydrogen-bond acceptors (Lipinski definition) is 4. The Hall–Kier alpha value is -2.13. The molecule has 0 spiro atoms. The van der Waals surface area contributed by atoms with Crippen molar-refractivity contribution in [2.75, 3.05) is 4.72 Å². The number of pyridine rings is 1. The fourth-order valence-electron chi connectivity index (χ4n) is 1.63. The summed E-state index contributed by atoms with van der Waals surface area (Å²) < 4.78 is 64.1. The Labute approximate surface area is 124 Å². The lowest BCUT2D eigenvalue weighted by Crippen LogP contribution is -2.14. The lowest BCUT2D eigenvalue weighted by molar-refractivity contribution is -0.137. The van der Waals surface area contributed by atoms with Crippen LogP contribution >= 0.6 is 0 Å². The summed E-state index contributed by atoms with van der Waals surface area (Å²) >= 11 is 0. The molecular weight excluding hydrogens is 321 g/mol. The van der Waals surface area contributed by atoms with Gasteiger partial charge in [0.2, 0.25) is 0 Å². The first-order valence-electron chi connectivity index (χ1n) is 5.98. The lowest BCUT2D eigenvalue weighted by atomic mass is 10.2. The largest absolute Gasteiger partial charge is 0.416 e. The van der Waals surface area contributed by atoms with Gasteiger partial charge in [-0.2, -0.15) is 13.2 Å². The van der Waals surface area contributed by atoms with Gasteiger partial charge < -0.3 is 5.11 Å². The van der Waals surface area contributed by atoms with Crippen molar-refractivity contribution >= 4 is 15.7 Å². The Balaban J connectivity index is 2.30. The summed E-state index contributed by atoms with van der Waals surface area (Å²) in [5, 5.41) is 8.84. The van der Waals surface area contributed by atoms with Crippen molar-refractivity contribution in [3.8, 4) is 0 Å². The topological polar surface area (TPSA) is 79.3 Å². The van der Waals surface area contributed by atoms with Crippen molar-refractivity contribution < 1.29 is 26.7 Å². The second kappa shape index (κ2) is 5.93. The van der Waals surface area contributed by atoms with E-state index in [1.54, 1.807) is 0 Å². The molecule has 0 aliphatic carbocycles. The standard InChI is InChI=1S/C13H11F3N2O3S/c14-13(15,16)9-2-1-3-12(6-9)22(20,21)18-10-4-5-11(8-19)17-7-10/h1-7,18-19H,8H2. The number of alkyl halides is 3. The van der Waals surface area contributed by atoms with E-state index in [4.69, 9.17) is 5.11 Å². The Morgan fingerprint density at radius 3 is 2.45 bits per heavy atom. The van der Waals surface area contributed by atoms with Crippen LogP contribution in [-0.2, 0) is 22.8 Å². The predicted molar refractivity (Wildman–Crippen MR) is 72.4 cm³/mol. The van der Waals surface area contributed by atoms with Crippen LogP contribution < -0.4 is 4.72 Å². The second-order valence-corrected chi connectivity index (χ2v) is 6.01. The average molecular weight is 332 g/mol. The zero-order chi connectivity index (χ0) is 16.4. The number of aliphatic hydroxyl groups is 1. The van der Waals surface area contributed by atoms with Gasteiger partial charge in [0.25, 0.3) is 10.0 Å². The molecule has 1 aromatic carbocycles. The number of aliphatic hydroxyl groups excluding tert-OH is 1. The Kier molecular flexibility index (Phi) is 4.38. The fraction of sp³-hybridized carbons (Fsp3) is 0.154. The van der Waals surface area contributed by atoms with Gasteiger partial charge >= 0.3 is 6.18 Å². The minimum Gasteiger partial charge on any atom is -0.390 e. The van der Waals surface area contributed by atoms with Crippen LogP contribution in [0.5, 0.6) is 0 Å². The van der Waals surface area contributed by atoms with Crippen LogP contribution in [-0.4, -0.2) is 18.5 Å². The van der Waals surface area contributed by atoms with E-state index in [0.29, 0.717) is 11.8 Å². The van der Waals surface area contributed by atoms with Crippen molar-refractivity contribution in [1.82, 2.24) is 4.98 Å². The number of rotatable bonds is 4. The molecule has 2 aromatic rings. The highest BCUT2D eigenvalue weighted by Crippen LogP contribution is 2.30. The highest BCUT2D eigenvalue weighted by atomic mass is 32.2. The number of anilines is 1. The average Bonchev–Trinajstić information content (AvgIpc) is 2.47. The van der Waals surface area contributed by atoms with Crippen LogP contribution in [0, 0.1) is 0 Å². The molecule has 2 N–H and O–H groups in total. The molecule has 0 bridgehead atoms. The van der Waals surface area contributed by atoms with Gasteiger partial charge in [-0.1, -0.05) is 6.07 Å². The Bertz CT molecular complexity index is 759. The van der Waals surface area contributed by atoms with Crippen molar-refractivity contribution in [3.63, 3.8) is 0 Å². The third kappa shape index (κ3) is 3.74. The minimum atomic E-state index is -4.63. The first-order chi connectivity index (χ1) is 10.2. The Morgan fingerprint density at radius 1 is 1.18 bits per heavy atom. The van der Waals surface area contributed by atoms with Crippen LogP contribution in [0.15, 0.2) is 47.5 Å². The quantitative estimate of drug-likeness (QED) is 0.901. The van der Waals surface area contributed by atoms with E-state index in [9.17, 15) is 21.6 Å². The van der Waals surface area contributed by atoms with E-state index >= 15 is 0 Å². The summed E-state index contributed by atoms with van der Waals surface area (Å²) in [6.07, 6.45) is -3.47. The monoisotopic (exact) mass is 332 g/mol. The third-order valence-corrected chi connectivity index (χ3v) is 4.09. The van der Waals surface area contributed by atoms with E-state index in [2.05, 4.69) is 9.71 Å². The summed E-state index contributed by atoms with van der Waals surface area (Å²) in [4.78, 5) is 3.27. The molecule has 1 heterocycles. The molecule has 0 aliphatic rings. The van der Waals surface area contributed by atoms with E-state index in [0.717, 1.165) is 24.4 Å². The number of halogens is 3. The number of nitrogens with zero attached hydrogens (tertiary/aromatic N) is 1. The lowest BCUT2D eigenvalue weighted by Gasteiger charge is -2.11. The van der Waals surface area contributed by atoms with Crippen molar-refractivity contribution in [2.45, 2.75) is 17.7 Å². The summed E-state index contributed by atoms with van der Waals surface area (Å²) in [5.74, 6) is 0. The molecule has 2 rings (SSSR count). The maximum atomic E-state index is 12.6. The molecule has 1 aromatic heterocycles. The first kappa shape index (κ1) is 16.2. The molecule has 0 fully saturated rings. The van der Waals surface area contributed by atoms with Crippen LogP contribution in [0.2, 0.25) is 0 Å². The molecule has 9 heteroatoms. The van der Waals surface area contributed by atoms with Gasteiger partial charge in [-0.05, 0) is 30.3 Å². The maximum Gasteiger partial charge on any atom is 0.416 e. The second-order valence-electron chi connectivity index (χ2n) is 4.33. The van der Waals surface area contributed by atoms with Crippen LogP contribution in [0.25, 0.3) is 0 Å². The number of nitrogens with one attached hydrogen (secondary N) is 1. The molecule has 118 valence electrons. The molecule has 0 atom stereocenters. The zero-order valence-corrected chi connectivity index (χ0v) is 11.8. The first-order valence-corrected chi connectivity index (χ1v) is 7.46. The SMILES string of the molecule is O=S(=O)(Nc1ccc(CO)nc1)c1cccc(C(F)(F)F)c1. The van der Waals surface area contributed by atoms with Gasteiger partial charge in [-0.15, -0.1) is 0 Å². The van der Waals surface area contributed by atoms with Crippen LogP contribution in [0.3, 0.4) is 0 Å². The maximum absolute atomic E-state index is 12.6. The normalized spacial score (nSPS) is 12.2. The molecule has 0 saturated heterocycles. The van der Waals surface area contributed by atoms with Gasteiger partial charge in [0, 0.05) is 0 Å². The molecular formula is C13H11F3N2O3S. The predicted octanol–water partition coefficient (Wildman–Crippen LogP) is 2.39. The van der Waals surface area contributed by atoms with E-state index in [1.165, 1.54) is 12.1 Å². The smallest absolute Gasteiger partial charge is 0.390 e. The molecule has 0 amide bonds. The summed E-state index contributed by atoms with van der Waals surface area (Å²) in [6.45, 7) is -0.305. The minimum absolute atomic E-state index is 0.0783. The van der Waals surface area contributed by atoms with Gasteiger partial charge in [-0.3, -0.25) is 9.71 Å². The van der Waals surface area contributed by atoms with Gasteiger partial charge in [0.1, 0.15) is 0 Å². The van der Waals surface area contributed by atoms with Crippen LogP contribution in [0.4, 0.5) is 18.9 Å². The summed E-state index contributed by atoms with van der Waals surface area (Å²) in [6, 6.07) is 6.17. The fourth-order valence-corrected chi connectivity index (χ4v) is 2.72. The van der Waals surface area contributed by atoms with Gasteiger partial charge in [-0.25, -0.2) is 8.42 Å². The number of benzene rings is 1. The van der Waals surface area contributed by atoms with Gasteiger partial charge in [0.05, 0.1) is 34.6 Å². The Morgan fingerprint density at radius 2 is 1.91 bits per heavy atom. The van der Waals surface area contributed by atoms with E-state index < -0.39 is 26.7 Å². The van der Waals surface area contributed by atoms with Gasteiger partial charge in [0.15, 0.2) is 0 Å². The van der Waals surface area contributed by atoms with Crippen molar-refractivity contribution in [1.29, 1.82) is 0 Å². The highest BCUT2D eigenvalue weighted by Gasteiger charge is 2.31. The molecule has 22 heavy (non-hydrogen) atoms. The summed E-state index contributed by atoms with van der Waals surface area (Å²) in [7, 11) is -4.17. The number of hydrogen-bond donors (Lipinski definition) is 2. The summed E-state index contributed by atoms with van der Waals surface area (Å²) in [5.41, 5.74) is -0.638. The van der Waals surface area contributed by atoms with Crippen molar-refractivity contribution in [3.05, 3.63) is 53.9 Å². The molecule has 0 aliphatic heterocycles. The highest BCUT2D eigenvalue weighted by molar-refractivity contribution is 7.92. The van der Waals surface area contributed by atoms with E-state index in [-0.39, 0.29) is 12.3 Å². The van der Waals surface area contributed by atoms with Crippen molar-refractivity contribution in [2.24, 2.45) is 0 Å². The zero-order valence-electron chi connectivity index (χ0n) is 11.0. The third-order valence-electron chi connectivity index (χ3n) is 2.71. The number of aromatic nitrogens is 1. The van der Waals surface area contributed by atoms with E-state index in [1.807, 2.05) is 0 Å².